The van der Waals surface area contributed by atoms with Crippen molar-refractivity contribution in [3.05, 3.63) is 23.9 Å². The molecule has 2 rings (SSSR count). The van der Waals surface area contributed by atoms with Gasteiger partial charge in [0.15, 0.2) is 0 Å². The van der Waals surface area contributed by atoms with E-state index in [0.717, 1.165) is 31.7 Å². The molecule has 4 heteroatoms. The molecule has 1 saturated heterocycles. The van der Waals surface area contributed by atoms with Crippen LogP contribution in [0.2, 0.25) is 0 Å². The van der Waals surface area contributed by atoms with Gasteiger partial charge >= 0.3 is 0 Å². The normalized spacial score (nSPS) is 18.1. The van der Waals surface area contributed by atoms with Gasteiger partial charge in [0.25, 0.3) is 0 Å². The molecule has 0 atom stereocenters. The average molecular weight is 208 g/mol. The van der Waals surface area contributed by atoms with E-state index in [4.69, 9.17) is 5.11 Å². The molecule has 0 aromatic carbocycles. The fourth-order valence-electron chi connectivity index (χ4n) is 1.83. The van der Waals surface area contributed by atoms with Gasteiger partial charge in [0.05, 0.1) is 18.4 Å². The van der Waals surface area contributed by atoms with Gasteiger partial charge in [0.2, 0.25) is 0 Å². The summed E-state index contributed by atoms with van der Waals surface area (Å²) in [6, 6.07) is 5.65. The molecule has 0 bridgehead atoms. The van der Waals surface area contributed by atoms with Gasteiger partial charge in [-0.25, -0.2) is 4.98 Å². The second-order valence-electron chi connectivity index (χ2n) is 3.86. The van der Waals surface area contributed by atoms with Crippen LogP contribution in [0.4, 0.5) is 5.82 Å². The number of anilines is 1. The minimum absolute atomic E-state index is 0.0235. The molecular weight excluding hydrogens is 192 g/mol. The van der Waals surface area contributed by atoms with E-state index in [0.29, 0.717) is 5.69 Å². The summed E-state index contributed by atoms with van der Waals surface area (Å²) in [5.74, 6) is 0.897. The maximum Gasteiger partial charge on any atom is 0.128 e. The van der Waals surface area contributed by atoms with E-state index in [2.05, 4.69) is 9.88 Å². The van der Waals surface area contributed by atoms with Gasteiger partial charge in [-0.2, -0.15) is 0 Å². The van der Waals surface area contributed by atoms with E-state index in [1.54, 1.807) is 0 Å². The van der Waals surface area contributed by atoms with E-state index >= 15 is 0 Å². The van der Waals surface area contributed by atoms with E-state index in [9.17, 15) is 5.11 Å². The predicted octanol–water partition coefficient (Wildman–Crippen LogP) is 0.535. The summed E-state index contributed by atoms with van der Waals surface area (Å²) in [5.41, 5.74) is 0.693. The number of aliphatic hydroxyl groups excluding tert-OH is 2. The van der Waals surface area contributed by atoms with Crippen LogP contribution in [-0.2, 0) is 6.61 Å². The Morgan fingerprint density at radius 1 is 1.33 bits per heavy atom. The summed E-state index contributed by atoms with van der Waals surface area (Å²) >= 11 is 0. The van der Waals surface area contributed by atoms with E-state index in [1.807, 2.05) is 18.2 Å². The molecule has 0 unspecified atom stereocenters. The highest BCUT2D eigenvalue weighted by molar-refractivity contribution is 5.39. The maximum atomic E-state index is 9.39. The zero-order valence-electron chi connectivity index (χ0n) is 8.63. The Kier molecular flexibility index (Phi) is 3.18. The summed E-state index contributed by atoms with van der Waals surface area (Å²) in [7, 11) is 0. The summed E-state index contributed by atoms with van der Waals surface area (Å²) in [4.78, 5) is 6.48. The van der Waals surface area contributed by atoms with Crippen LogP contribution in [-0.4, -0.2) is 34.4 Å². The molecule has 0 radical (unpaired) electrons. The summed E-state index contributed by atoms with van der Waals surface area (Å²) in [6.07, 6.45) is 1.43. The molecule has 1 aliphatic heterocycles. The second kappa shape index (κ2) is 4.59. The fourth-order valence-corrected chi connectivity index (χ4v) is 1.83. The molecule has 4 nitrogen and oxygen atoms in total. The fraction of sp³-hybridized carbons (Fsp3) is 0.545. The lowest BCUT2D eigenvalue weighted by Crippen LogP contribution is -2.36. The van der Waals surface area contributed by atoms with Gasteiger partial charge in [-0.15, -0.1) is 0 Å². The molecule has 2 heterocycles. The number of piperidine rings is 1. The van der Waals surface area contributed by atoms with Crippen LogP contribution in [0.3, 0.4) is 0 Å². The predicted molar refractivity (Wildman–Crippen MR) is 57.6 cm³/mol. The molecule has 15 heavy (non-hydrogen) atoms. The molecule has 1 aliphatic rings. The van der Waals surface area contributed by atoms with Gasteiger partial charge in [-0.05, 0) is 25.0 Å². The van der Waals surface area contributed by atoms with Crippen LogP contribution >= 0.6 is 0 Å². The van der Waals surface area contributed by atoms with Crippen LogP contribution in [0.15, 0.2) is 18.2 Å². The largest absolute Gasteiger partial charge is 0.393 e. The number of hydrogen-bond donors (Lipinski definition) is 2. The van der Waals surface area contributed by atoms with Gasteiger partial charge in [-0.3, -0.25) is 0 Å². The van der Waals surface area contributed by atoms with Gasteiger partial charge < -0.3 is 15.1 Å². The SMILES string of the molecule is OCc1cccc(N2CCC(O)CC2)n1. The second-order valence-corrected chi connectivity index (χ2v) is 3.86. The third kappa shape index (κ3) is 2.46. The third-order valence-corrected chi connectivity index (χ3v) is 2.74. The van der Waals surface area contributed by atoms with Gasteiger partial charge in [0, 0.05) is 13.1 Å². The molecule has 1 fully saturated rings. The van der Waals surface area contributed by atoms with Crippen molar-refractivity contribution in [1.29, 1.82) is 0 Å². The quantitative estimate of drug-likeness (QED) is 0.744. The van der Waals surface area contributed by atoms with E-state index in [-0.39, 0.29) is 12.7 Å². The highest BCUT2D eigenvalue weighted by Gasteiger charge is 2.17. The lowest BCUT2D eigenvalue weighted by molar-refractivity contribution is 0.145. The highest BCUT2D eigenvalue weighted by Crippen LogP contribution is 2.17. The molecular formula is C11H16N2O2. The lowest BCUT2D eigenvalue weighted by Gasteiger charge is -2.30. The smallest absolute Gasteiger partial charge is 0.128 e. The van der Waals surface area contributed by atoms with Crippen LogP contribution < -0.4 is 4.90 Å². The monoisotopic (exact) mass is 208 g/mol. The number of aromatic nitrogens is 1. The van der Waals surface area contributed by atoms with Crippen molar-refractivity contribution in [2.45, 2.75) is 25.6 Å². The standard InChI is InChI=1S/C11H16N2O2/c14-8-9-2-1-3-11(12-9)13-6-4-10(15)5-7-13/h1-3,10,14-15H,4-8H2. The van der Waals surface area contributed by atoms with Crippen molar-refractivity contribution in [3.8, 4) is 0 Å². The number of rotatable bonds is 2. The molecule has 1 aromatic rings. The number of nitrogens with zero attached hydrogens (tertiary/aromatic N) is 2. The summed E-state index contributed by atoms with van der Waals surface area (Å²) in [6.45, 7) is 1.65. The first kappa shape index (κ1) is 10.4. The van der Waals surface area contributed by atoms with Gasteiger partial charge in [0.1, 0.15) is 5.82 Å². The van der Waals surface area contributed by atoms with Crippen molar-refractivity contribution < 1.29 is 10.2 Å². The summed E-state index contributed by atoms with van der Waals surface area (Å²) in [5, 5.41) is 18.4. The molecule has 0 amide bonds. The average Bonchev–Trinajstić information content (AvgIpc) is 2.30. The first-order valence-electron chi connectivity index (χ1n) is 5.29. The molecule has 1 aromatic heterocycles. The number of aliphatic hydroxyl groups is 2. The number of pyridine rings is 1. The van der Waals surface area contributed by atoms with Gasteiger partial charge in [-0.1, -0.05) is 6.07 Å². The van der Waals surface area contributed by atoms with Crippen molar-refractivity contribution in [3.63, 3.8) is 0 Å². The van der Waals surface area contributed by atoms with Crippen molar-refractivity contribution in [1.82, 2.24) is 4.98 Å². The minimum Gasteiger partial charge on any atom is -0.393 e. The first-order chi connectivity index (χ1) is 7.29. The lowest BCUT2D eigenvalue weighted by atomic mass is 10.1. The molecule has 0 saturated carbocycles. The van der Waals surface area contributed by atoms with Crippen LogP contribution in [0.1, 0.15) is 18.5 Å². The van der Waals surface area contributed by atoms with Crippen molar-refractivity contribution in [2.24, 2.45) is 0 Å². The molecule has 2 N–H and O–H groups in total. The van der Waals surface area contributed by atoms with Crippen LogP contribution in [0.5, 0.6) is 0 Å². The van der Waals surface area contributed by atoms with Crippen LogP contribution in [0, 0.1) is 0 Å². The topological polar surface area (TPSA) is 56.6 Å². The Morgan fingerprint density at radius 2 is 2.07 bits per heavy atom. The minimum atomic E-state index is -0.165. The zero-order valence-corrected chi connectivity index (χ0v) is 8.63. The third-order valence-electron chi connectivity index (χ3n) is 2.74. The molecule has 82 valence electrons. The van der Waals surface area contributed by atoms with E-state index in [1.165, 1.54) is 0 Å². The first-order valence-corrected chi connectivity index (χ1v) is 5.29. The number of hydrogen-bond acceptors (Lipinski definition) is 4. The Hall–Kier alpha value is -1.13. The Labute approximate surface area is 89.2 Å². The summed E-state index contributed by atoms with van der Waals surface area (Å²) < 4.78 is 0. The van der Waals surface area contributed by atoms with E-state index < -0.39 is 0 Å². The maximum absolute atomic E-state index is 9.39. The van der Waals surface area contributed by atoms with Crippen molar-refractivity contribution >= 4 is 5.82 Å². The Bertz CT molecular complexity index is 322. The Balaban J connectivity index is 2.08. The molecule has 0 aliphatic carbocycles. The molecule has 0 spiro atoms. The Morgan fingerprint density at radius 3 is 2.73 bits per heavy atom. The zero-order chi connectivity index (χ0) is 10.7. The van der Waals surface area contributed by atoms with Crippen LogP contribution in [0.25, 0.3) is 0 Å². The van der Waals surface area contributed by atoms with Crippen molar-refractivity contribution in [2.75, 3.05) is 18.0 Å². The highest BCUT2D eigenvalue weighted by atomic mass is 16.3.